The number of nitrogens with zero attached hydrogens (tertiary/aromatic N) is 4. The van der Waals surface area contributed by atoms with Gasteiger partial charge in [0.1, 0.15) is 0 Å². The fourth-order valence-corrected chi connectivity index (χ4v) is 5.21. The summed E-state index contributed by atoms with van der Waals surface area (Å²) >= 11 is 0. The third kappa shape index (κ3) is 4.49. The van der Waals surface area contributed by atoms with E-state index in [9.17, 15) is 0 Å². The number of benzene rings is 3. The lowest BCUT2D eigenvalue weighted by molar-refractivity contribution is 0.437. The Kier molecular flexibility index (Phi) is 5.98. The molecule has 3 aromatic rings. The van der Waals surface area contributed by atoms with Gasteiger partial charge in [-0.25, -0.2) is 4.98 Å². The Balaban J connectivity index is 1.62. The molecular weight excluding hydrogens is 442 g/mol. The largest absolute Gasteiger partial charge is 0.352 e. The zero-order valence-corrected chi connectivity index (χ0v) is 20.9. The minimum Gasteiger partial charge on any atom is -0.352 e. The fourth-order valence-electron chi connectivity index (χ4n) is 5.21. The van der Waals surface area contributed by atoms with E-state index in [0.29, 0.717) is 6.04 Å². The quantitative estimate of drug-likeness (QED) is 0.283. The third-order valence-electron chi connectivity index (χ3n) is 7.04. The molecule has 0 atom stereocenters. The van der Waals surface area contributed by atoms with E-state index in [-0.39, 0.29) is 0 Å². The lowest BCUT2D eigenvalue weighted by Crippen LogP contribution is -2.19. The van der Waals surface area contributed by atoms with Crippen molar-refractivity contribution in [2.24, 2.45) is 4.99 Å². The van der Waals surface area contributed by atoms with E-state index in [0.717, 1.165) is 63.2 Å². The smallest absolute Gasteiger partial charge is 0.0900 e. The van der Waals surface area contributed by atoms with Crippen LogP contribution in [0.2, 0.25) is 0 Å². The van der Waals surface area contributed by atoms with E-state index in [4.69, 9.17) is 9.98 Å². The van der Waals surface area contributed by atoms with Crippen molar-refractivity contribution in [2.45, 2.75) is 52.0 Å². The molecule has 36 heavy (non-hydrogen) atoms. The topological polar surface area (TPSA) is 55.1 Å². The van der Waals surface area contributed by atoms with Crippen LogP contribution in [0.25, 0.3) is 28.1 Å². The van der Waals surface area contributed by atoms with Crippen molar-refractivity contribution >= 4 is 22.4 Å². The molecule has 0 spiro atoms. The van der Waals surface area contributed by atoms with Crippen LogP contribution in [0, 0.1) is 13.8 Å². The van der Waals surface area contributed by atoms with Gasteiger partial charge in [0.25, 0.3) is 0 Å². The fraction of sp³-hybridized carbons (Fsp3) is 0.258. The van der Waals surface area contributed by atoms with Crippen molar-refractivity contribution in [1.82, 2.24) is 14.5 Å². The number of fused-ring (bicyclic) bond motifs is 2. The van der Waals surface area contributed by atoms with Crippen LogP contribution in [0.4, 0.5) is 11.4 Å². The Labute approximate surface area is 211 Å². The molecule has 3 aliphatic rings. The second-order valence-electron chi connectivity index (χ2n) is 9.93. The summed E-state index contributed by atoms with van der Waals surface area (Å²) in [4.78, 5) is 14.7. The van der Waals surface area contributed by atoms with Crippen molar-refractivity contribution in [3.8, 4) is 17.1 Å². The van der Waals surface area contributed by atoms with Gasteiger partial charge in [0.05, 0.1) is 51.4 Å². The Morgan fingerprint density at radius 3 is 2.47 bits per heavy atom. The van der Waals surface area contributed by atoms with Crippen LogP contribution in [0.3, 0.4) is 0 Å². The standard InChI is InChI=1S/C31H31N5/c1-21-12-14-25(15-13-21)36-30-11-7-6-10-26(30)35-29-17-27(34-24-16-22(2)19-32-20-24)28(18-31(29)36)33-23-8-4-3-5-9-23/h6-7,10-20,23,34H,3-5,8-9H2,1-2H3. The van der Waals surface area contributed by atoms with Crippen molar-refractivity contribution < 1.29 is 0 Å². The van der Waals surface area contributed by atoms with Crippen molar-refractivity contribution in [2.75, 3.05) is 5.32 Å². The number of aromatic nitrogens is 3. The van der Waals surface area contributed by atoms with Crippen LogP contribution >= 0.6 is 0 Å². The first-order valence-electron chi connectivity index (χ1n) is 12.9. The average molecular weight is 474 g/mol. The molecule has 5 heteroatoms. The molecular formula is C31H31N5. The molecule has 1 aromatic heterocycles. The van der Waals surface area contributed by atoms with Gasteiger partial charge in [-0.3, -0.25) is 9.98 Å². The van der Waals surface area contributed by atoms with Crippen LogP contribution in [-0.4, -0.2) is 20.6 Å². The van der Waals surface area contributed by atoms with E-state index < -0.39 is 0 Å². The van der Waals surface area contributed by atoms with E-state index in [1.165, 1.54) is 24.8 Å². The van der Waals surface area contributed by atoms with Crippen LogP contribution in [0.15, 0.2) is 84.1 Å². The molecule has 0 amide bonds. The highest BCUT2D eigenvalue weighted by Gasteiger charge is 2.18. The predicted octanol–water partition coefficient (Wildman–Crippen LogP) is 7.12. The number of hydrogen-bond donors (Lipinski definition) is 1. The Bertz CT molecular complexity index is 1560. The molecule has 2 heterocycles. The molecule has 1 aliphatic heterocycles. The lowest BCUT2D eigenvalue weighted by Gasteiger charge is -2.22. The molecule has 1 saturated carbocycles. The number of para-hydroxylation sites is 2. The summed E-state index contributed by atoms with van der Waals surface area (Å²) in [5.41, 5.74) is 9.45. The molecule has 180 valence electrons. The van der Waals surface area contributed by atoms with Gasteiger partial charge >= 0.3 is 0 Å². The number of anilines is 2. The number of pyridine rings is 1. The molecule has 2 aromatic carbocycles. The Hall–Kier alpha value is -3.99. The normalized spacial score (nSPS) is 15.0. The predicted molar refractivity (Wildman–Crippen MR) is 147 cm³/mol. The molecule has 0 bridgehead atoms. The van der Waals surface area contributed by atoms with Gasteiger partial charge in [0, 0.05) is 11.9 Å². The molecule has 0 unspecified atom stereocenters. The summed E-state index contributed by atoms with van der Waals surface area (Å²) in [7, 11) is 0. The molecule has 2 aliphatic carbocycles. The summed E-state index contributed by atoms with van der Waals surface area (Å²) in [6.07, 6.45) is 9.85. The van der Waals surface area contributed by atoms with Gasteiger partial charge in [-0.15, -0.1) is 0 Å². The maximum Gasteiger partial charge on any atom is 0.0900 e. The highest BCUT2D eigenvalue weighted by atomic mass is 15.0. The second kappa shape index (κ2) is 9.57. The van der Waals surface area contributed by atoms with E-state index >= 15 is 0 Å². The molecule has 0 radical (unpaired) electrons. The SMILES string of the molecule is Cc1ccc(-n2c3cc(=NC4CCCCC4)c(Nc4cncc(C)c4)cc-3nc3ccccc32)cc1. The Morgan fingerprint density at radius 2 is 1.67 bits per heavy atom. The minimum atomic E-state index is 0.355. The summed E-state index contributed by atoms with van der Waals surface area (Å²) in [6, 6.07) is 23.9. The molecule has 5 nitrogen and oxygen atoms in total. The number of aryl methyl sites for hydroxylation is 2. The number of nitrogens with one attached hydrogen (secondary N) is 1. The first-order chi connectivity index (χ1) is 17.6. The van der Waals surface area contributed by atoms with Gasteiger partial charge < -0.3 is 9.88 Å². The second-order valence-corrected chi connectivity index (χ2v) is 9.93. The van der Waals surface area contributed by atoms with Crippen LogP contribution in [0.5, 0.6) is 0 Å². The summed E-state index contributed by atoms with van der Waals surface area (Å²) in [5.74, 6) is 0. The molecule has 1 N–H and O–H groups in total. The maximum atomic E-state index is 5.29. The van der Waals surface area contributed by atoms with Gasteiger partial charge in [0.2, 0.25) is 0 Å². The summed E-state index contributed by atoms with van der Waals surface area (Å²) in [5, 5.41) is 4.58. The monoisotopic (exact) mass is 473 g/mol. The van der Waals surface area contributed by atoms with E-state index in [1.807, 2.05) is 18.5 Å². The van der Waals surface area contributed by atoms with E-state index in [1.54, 1.807) is 0 Å². The molecule has 0 saturated heterocycles. The minimum absolute atomic E-state index is 0.355. The molecule has 1 fully saturated rings. The maximum absolute atomic E-state index is 5.29. The summed E-state index contributed by atoms with van der Waals surface area (Å²) in [6.45, 7) is 4.18. The van der Waals surface area contributed by atoms with Crippen molar-refractivity contribution in [3.05, 3.63) is 95.6 Å². The molecule has 6 rings (SSSR count). The number of rotatable bonds is 4. The average Bonchev–Trinajstić information content (AvgIpc) is 2.89. The Morgan fingerprint density at radius 1 is 0.861 bits per heavy atom. The third-order valence-corrected chi connectivity index (χ3v) is 7.04. The van der Waals surface area contributed by atoms with Gasteiger partial charge in [-0.2, -0.15) is 0 Å². The lowest BCUT2D eigenvalue weighted by atomic mass is 9.96. The van der Waals surface area contributed by atoms with Crippen LogP contribution in [0.1, 0.15) is 43.2 Å². The van der Waals surface area contributed by atoms with Crippen molar-refractivity contribution in [3.63, 3.8) is 0 Å². The first-order valence-corrected chi connectivity index (χ1v) is 12.9. The highest BCUT2D eigenvalue weighted by molar-refractivity contribution is 5.84. The summed E-state index contributed by atoms with van der Waals surface area (Å²) < 4.78 is 2.31. The van der Waals surface area contributed by atoms with Crippen LogP contribution < -0.4 is 10.7 Å². The van der Waals surface area contributed by atoms with E-state index in [2.05, 4.69) is 89.4 Å². The van der Waals surface area contributed by atoms with Crippen molar-refractivity contribution in [1.29, 1.82) is 0 Å². The van der Waals surface area contributed by atoms with Gasteiger partial charge in [-0.05, 0) is 74.7 Å². The van der Waals surface area contributed by atoms with Gasteiger partial charge in [0.15, 0.2) is 0 Å². The number of hydrogen-bond acceptors (Lipinski definition) is 4. The zero-order valence-electron chi connectivity index (χ0n) is 20.9. The zero-order chi connectivity index (χ0) is 24.5. The van der Waals surface area contributed by atoms with Gasteiger partial charge in [-0.1, -0.05) is 49.1 Å². The van der Waals surface area contributed by atoms with Crippen LogP contribution in [-0.2, 0) is 0 Å². The highest BCUT2D eigenvalue weighted by Crippen LogP contribution is 2.31. The first kappa shape index (κ1) is 22.5.